The number of hydrogen-bond donors (Lipinski definition) is 1. The van der Waals surface area contributed by atoms with Gasteiger partial charge in [0.05, 0.1) is 24.1 Å². The van der Waals surface area contributed by atoms with Crippen LogP contribution in [-0.4, -0.2) is 42.7 Å². The SMILES string of the molecule is CC(CCC(=O)OCc1ccccc1)C(=O)C(C)CNCCOC(C)(C)/C=C/OC(C)(C)C. The van der Waals surface area contributed by atoms with Crippen LogP contribution < -0.4 is 5.32 Å². The molecule has 2 unspecified atom stereocenters. The quantitative estimate of drug-likeness (QED) is 0.223. The first-order chi connectivity index (χ1) is 15.4. The maximum absolute atomic E-state index is 12.6. The minimum absolute atomic E-state index is 0.131. The third kappa shape index (κ3) is 13.9. The highest BCUT2D eigenvalue weighted by molar-refractivity contribution is 5.83. The minimum Gasteiger partial charge on any atom is -0.496 e. The molecule has 6 nitrogen and oxygen atoms in total. The van der Waals surface area contributed by atoms with Crippen LogP contribution in [0.1, 0.15) is 66.9 Å². The van der Waals surface area contributed by atoms with Gasteiger partial charge in [0.1, 0.15) is 12.4 Å². The van der Waals surface area contributed by atoms with E-state index >= 15 is 0 Å². The molecule has 0 bridgehead atoms. The lowest BCUT2D eigenvalue weighted by atomic mass is 9.92. The molecule has 0 amide bonds. The van der Waals surface area contributed by atoms with Gasteiger partial charge in [-0.05, 0) is 52.7 Å². The third-order valence-corrected chi connectivity index (χ3v) is 5.09. The van der Waals surface area contributed by atoms with Crippen molar-refractivity contribution in [3.8, 4) is 0 Å². The average Bonchev–Trinajstić information content (AvgIpc) is 2.74. The smallest absolute Gasteiger partial charge is 0.306 e. The summed E-state index contributed by atoms with van der Waals surface area (Å²) in [6.45, 7) is 15.8. The molecule has 1 aromatic rings. The van der Waals surface area contributed by atoms with Crippen LogP contribution in [0.3, 0.4) is 0 Å². The second-order valence-corrected chi connectivity index (χ2v) is 10.1. The Bertz CT molecular complexity index is 737. The topological polar surface area (TPSA) is 73.9 Å². The summed E-state index contributed by atoms with van der Waals surface area (Å²) >= 11 is 0. The molecule has 0 aliphatic heterocycles. The molecular formula is C27H43NO5. The van der Waals surface area contributed by atoms with E-state index < -0.39 is 5.60 Å². The van der Waals surface area contributed by atoms with E-state index in [0.29, 0.717) is 26.1 Å². The van der Waals surface area contributed by atoms with E-state index in [2.05, 4.69) is 5.32 Å². The summed E-state index contributed by atoms with van der Waals surface area (Å²) < 4.78 is 16.8. The Morgan fingerprint density at radius 2 is 1.70 bits per heavy atom. The van der Waals surface area contributed by atoms with Gasteiger partial charge in [-0.15, -0.1) is 0 Å². The van der Waals surface area contributed by atoms with Gasteiger partial charge in [-0.2, -0.15) is 0 Å². The number of Topliss-reactive ketones (excluding diaryl/α,β-unsaturated/α-hetero) is 1. The average molecular weight is 462 g/mol. The van der Waals surface area contributed by atoms with Crippen molar-refractivity contribution in [2.45, 2.75) is 79.1 Å². The molecule has 0 saturated heterocycles. The maximum atomic E-state index is 12.6. The Hall–Kier alpha value is -2.18. The highest BCUT2D eigenvalue weighted by Gasteiger charge is 2.21. The van der Waals surface area contributed by atoms with Gasteiger partial charge in [0.15, 0.2) is 0 Å². The zero-order chi connectivity index (χ0) is 24.9. The van der Waals surface area contributed by atoms with E-state index in [-0.39, 0.29) is 42.2 Å². The molecule has 0 spiro atoms. The Labute approximate surface area is 200 Å². The number of carbonyl (C=O) groups excluding carboxylic acids is 2. The van der Waals surface area contributed by atoms with E-state index in [9.17, 15) is 9.59 Å². The van der Waals surface area contributed by atoms with Gasteiger partial charge >= 0.3 is 5.97 Å². The second-order valence-electron chi connectivity index (χ2n) is 10.1. The highest BCUT2D eigenvalue weighted by Crippen LogP contribution is 2.15. The van der Waals surface area contributed by atoms with Crippen LogP contribution in [0.25, 0.3) is 0 Å². The predicted octanol–water partition coefficient (Wildman–Crippen LogP) is 5.06. The fourth-order valence-electron chi connectivity index (χ4n) is 3.03. The number of nitrogens with one attached hydrogen (secondary N) is 1. The lowest BCUT2D eigenvalue weighted by Gasteiger charge is -2.23. The molecule has 1 aromatic carbocycles. The molecule has 33 heavy (non-hydrogen) atoms. The number of esters is 1. The molecule has 186 valence electrons. The largest absolute Gasteiger partial charge is 0.496 e. The number of carbonyl (C=O) groups is 2. The molecule has 0 aromatic heterocycles. The van der Waals surface area contributed by atoms with Crippen molar-refractivity contribution in [3.63, 3.8) is 0 Å². The molecular weight excluding hydrogens is 418 g/mol. The summed E-state index contributed by atoms with van der Waals surface area (Å²) in [4.78, 5) is 24.6. The summed E-state index contributed by atoms with van der Waals surface area (Å²) in [5.41, 5.74) is 0.297. The van der Waals surface area contributed by atoms with Crippen LogP contribution in [0.5, 0.6) is 0 Å². The highest BCUT2D eigenvalue weighted by atomic mass is 16.5. The first kappa shape index (κ1) is 28.9. The third-order valence-electron chi connectivity index (χ3n) is 5.09. The van der Waals surface area contributed by atoms with E-state index in [1.165, 1.54) is 0 Å². The summed E-state index contributed by atoms with van der Waals surface area (Å²) in [6.07, 6.45) is 4.33. The first-order valence-corrected chi connectivity index (χ1v) is 11.8. The molecule has 0 fully saturated rings. The van der Waals surface area contributed by atoms with Crippen LogP contribution in [0.15, 0.2) is 42.7 Å². The van der Waals surface area contributed by atoms with Crippen LogP contribution in [0.4, 0.5) is 0 Å². The summed E-state index contributed by atoms with van der Waals surface area (Å²) in [6, 6.07) is 9.57. The minimum atomic E-state index is -0.433. The van der Waals surface area contributed by atoms with Crippen molar-refractivity contribution in [1.82, 2.24) is 5.32 Å². The second kappa shape index (κ2) is 14.2. The van der Waals surface area contributed by atoms with Crippen molar-refractivity contribution in [2.24, 2.45) is 11.8 Å². The van der Waals surface area contributed by atoms with Crippen molar-refractivity contribution < 1.29 is 23.8 Å². The summed E-state index contributed by atoms with van der Waals surface area (Å²) in [5, 5.41) is 3.28. The fraction of sp³-hybridized carbons (Fsp3) is 0.630. The first-order valence-electron chi connectivity index (χ1n) is 11.8. The molecule has 0 heterocycles. The van der Waals surface area contributed by atoms with Crippen molar-refractivity contribution >= 4 is 11.8 Å². The van der Waals surface area contributed by atoms with Gasteiger partial charge in [-0.3, -0.25) is 9.59 Å². The number of ketones is 1. The maximum Gasteiger partial charge on any atom is 0.306 e. The Morgan fingerprint density at radius 1 is 1.03 bits per heavy atom. The van der Waals surface area contributed by atoms with Gasteiger partial charge in [-0.1, -0.05) is 44.2 Å². The van der Waals surface area contributed by atoms with Crippen LogP contribution in [0, 0.1) is 11.8 Å². The molecule has 0 radical (unpaired) electrons. The van der Waals surface area contributed by atoms with Gasteiger partial charge in [0.25, 0.3) is 0 Å². The Kier molecular flexibility index (Phi) is 12.4. The Morgan fingerprint density at radius 3 is 2.33 bits per heavy atom. The molecule has 6 heteroatoms. The number of hydrogen-bond acceptors (Lipinski definition) is 6. The van der Waals surface area contributed by atoms with Crippen molar-refractivity contribution in [1.29, 1.82) is 0 Å². The van der Waals surface area contributed by atoms with Gasteiger partial charge < -0.3 is 19.5 Å². The summed E-state index contributed by atoms with van der Waals surface area (Å²) in [7, 11) is 0. The van der Waals surface area contributed by atoms with E-state index in [1.807, 2.05) is 84.9 Å². The molecule has 0 aliphatic carbocycles. The number of ether oxygens (including phenoxy) is 3. The van der Waals surface area contributed by atoms with Crippen LogP contribution >= 0.6 is 0 Å². The fourth-order valence-corrected chi connectivity index (χ4v) is 3.03. The zero-order valence-electron chi connectivity index (χ0n) is 21.5. The standard InChI is InChI=1S/C27H43NO5/c1-21(13-14-24(29)31-20-23-11-9-8-10-12-23)25(30)22(2)19-28-16-18-33-27(6,7)15-17-32-26(3,4)5/h8-12,15,17,21-22,28H,13-14,16,18-20H2,1-7H3/b17-15+. The van der Waals surface area contributed by atoms with Crippen molar-refractivity contribution in [2.75, 3.05) is 19.7 Å². The van der Waals surface area contributed by atoms with Gasteiger partial charge in [0, 0.05) is 31.3 Å². The van der Waals surface area contributed by atoms with Gasteiger partial charge in [0.2, 0.25) is 0 Å². The Balaban J connectivity index is 2.21. The monoisotopic (exact) mass is 461 g/mol. The lowest BCUT2D eigenvalue weighted by molar-refractivity contribution is -0.145. The number of rotatable bonds is 15. The molecule has 1 rings (SSSR count). The molecule has 2 atom stereocenters. The molecule has 0 aliphatic rings. The van der Waals surface area contributed by atoms with E-state index in [0.717, 1.165) is 5.56 Å². The van der Waals surface area contributed by atoms with Crippen LogP contribution in [-0.2, 0) is 30.4 Å². The zero-order valence-corrected chi connectivity index (χ0v) is 21.5. The van der Waals surface area contributed by atoms with Gasteiger partial charge in [-0.25, -0.2) is 0 Å². The predicted molar refractivity (Wildman–Crippen MR) is 132 cm³/mol. The van der Waals surface area contributed by atoms with E-state index in [1.54, 1.807) is 6.26 Å². The number of benzene rings is 1. The molecule has 1 N–H and O–H groups in total. The van der Waals surface area contributed by atoms with Crippen LogP contribution in [0.2, 0.25) is 0 Å². The van der Waals surface area contributed by atoms with E-state index in [4.69, 9.17) is 14.2 Å². The summed E-state index contributed by atoms with van der Waals surface area (Å²) in [5.74, 6) is -0.435. The van der Waals surface area contributed by atoms with Crippen molar-refractivity contribution in [3.05, 3.63) is 48.2 Å². The lowest BCUT2D eigenvalue weighted by Crippen LogP contribution is -2.33. The molecule has 0 saturated carbocycles. The normalized spacial score (nSPS) is 14.2.